The summed E-state index contributed by atoms with van der Waals surface area (Å²) in [5.74, 6) is -1.25. The quantitative estimate of drug-likeness (QED) is 0.248. The third-order valence-electron chi connectivity index (χ3n) is 5.87. The second-order valence-electron chi connectivity index (χ2n) is 8.00. The number of hydroxylamine groups is 2. The number of aliphatic hydroxyl groups is 1. The van der Waals surface area contributed by atoms with Crippen LogP contribution in [0.25, 0.3) is 0 Å². The number of aromatic nitrogens is 2. The Morgan fingerprint density at radius 1 is 1.37 bits per heavy atom. The van der Waals surface area contributed by atoms with Gasteiger partial charge in [0.1, 0.15) is 5.82 Å². The van der Waals surface area contributed by atoms with E-state index in [4.69, 9.17) is 0 Å². The fraction of sp³-hybridized carbons (Fsp3) is 0.684. The van der Waals surface area contributed by atoms with Crippen LogP contribution in [0, 0.1) is 24.6 Å². The number of carbonyl (C=O) groups is 2. The highest BCUT2D eigenvalue weighted by atomic mass is 19.1. The molecule has 1 saturated heterocycles. The molecule has 10 nitrogen and oxygen atoms in total. The SMILES string of the molecule is Cc1nc(NNC(=O)[C@@H](CC2CCCC2)CN(O)C=O)c(F)c(N2CC[C@H]2CO)n1. The molecule has 3 rings (SSSR count). The molecule has 1 saturated carbocycles. The summed E-state index contributed by atoms with van der Waals surface area (Å²) in [7, 11) is 0. The van der Waals surface area contributed by atoms with Gasteiger partial charge >= 0.3 is 0 Å². The van der Waals surface area contributed by atoms with Crippen molar-refractivity contribution in [1.82, 2.24) is 20.5 Å². The van der Waals surface area contributed by atoms with Crippen LogP contribution < -0.4 is 15.8 Å². The number of rotatable bonds is 10. The Morgan fingerprint density at radius 3 is 2.70 bits per heavy atom. The molecular weight excluding hydrogens is 395 g/mol. The van der Waals surface area contributed by atoms with Gasteiger partial charge in [-0.25, -0.2) is 15.0 Å². The molecule has 2 atom stereocenters. The average molecular weight is 424 g/mol. The van der Waals surface area contributed by atoms with Crippen LogP contribution >= 0.6 is 0 Å². The highest BCUT2D eigenvalue weighted by molar-refractivity contribution is 5.80. The smallest absolute Gasteiger partial charge is 0.243 e. The lowest BCUT2D eigenvalue weighted by atomic mass is 9.92. The number of hydrogen-bond donors (Lipinski definition) is 4. The van der Waals surface area contributed by atoms with Crippen LogP contribution in [-0.4, -0.2) is 63.4 Å². The number of halogens is 1. The minimum Gasteiger partial charge on any atom is -0.394 e. The minimum atomic E-state index is -0.719. The van der Waals surface area contributed by atoms with Crippen molar-refractivity contribution in [3.63, 3.8) is 0 Å². The summed E-state index contributed by atoms with van der Waals surface area (Å²) in [6.45, 7) is 1.95. The van der Waals surface area contributed by atoms with E-state index in [1.54, 1.807) is 11.8 Å². The van der Waals surface area contributed by atoms with Gasteiger partial charge in [-0.2, -0.15) is 4.39 Å². The molecule has 0 bridgehead atoms. The van der Waals surface area contributed by atoms with Crippen molar-refractivity contribution in [1.29, 1.82) is 0 Å². The molecule has 30 heavy (non-hydrogen) atoms. The summed E-state index contributed by atoms with van der Waals surface area (Å²) in [5, 5.41) is 19.4. The lowest BCUT2D eigenvalue weighted by Crippen LogP contribution is -2.51. The van der Waals surface area contributed by atoms with Gasteiger partial charge in [0.05, 0.1) is 25.1 Å². The number of nitrogens with one attached hydrogen (secondary N) is 2. The van der Waals surface area contributed by atoms with Gasteiger partial charge in [-0.1, -0.05) is 25.7 Å². The normalized spacial score (nSPS) is 19.9. The Kier molecular flexibility index (Phi) is 7.38. The molecule has 11 heteroatoms. The van der Waals surface area contributed by atoms with Crippen LogP contribution in [0.1, 0.15) is 44.3 Å². The summed E-state index contributed by atoms with van der Waals surface area (Å²) < 4.78 is 14.9. The fourth-order valence-corrected chi connectivity index (χ4v) is 4.13. The van der Waals surface area contributed by atoms with Gasteiger partial charge in [-0.15, -0.1) is 0 Å². The van der Waals surface area contributed by atoms with Gasteiger partial charge in [0.25, 0.3) is 0 Å². The number of hydrazine groups is 1. The van der Waals surface area contributed by atoms with Gasteiger partial charge in [0, 0.05) is 6.54 Å². The lowest BCUT2D eigenvalue weighted by molar-refractivity contribution is -0.154. The number of nitrogens with zero attached hydrogens (tertiary/aromatic N) is 4. The van der Waals surface area contributed by atoms with Crippen molar-refractivity contribution in [2.24, 2.45) is 11.8 Å². The second kappa shape index (κ2) is 9.98. The third-order valence-corrected chi connectivity index (χ3v) is 5.87. The van der Waals surface area contributed by atoms with Crippen molar-refractivity contribution >= 4 is 24.0 Å². The molecule has 1 aliphatic heterocycles. The molecule has 4 N–H and O–H groups in total. The highest BCUT2D eigenvalue weighted by Crippen LogP contribution is 2.31. The van der Waals surface area contributed by atoms with E-state index in [-0.39, 0.29) is 37.2 Å². The third kappa shape index (κ3) is 5.14. The number of hydrogen-bond acceptors (Lipinski definition) is 8. The number of anilines is 2. The van der Waals surface area contributed by atoms with Gasteiger partial charge in [0.2, 0.25) is 18.1 Å². The Balaban J connectivity index is 1.68. The van der Waals surface area contributed by atoms with Crippen molar-refractivity contribution in [3.8, 4) is 0 Å². The standard InChI is InChI=1S/C19H29FN6O4/c1-12-21-17(16(20)18(22-12)26-7-6-15(26)10-27)23-24-19(29)14(9-25(30)11-28)8-13-4-2-3-5-13/h11,13-15,27,30H,2-10H2,1H3,(H,24,29)(H,21,22,23)/t14-,15-/m0/s1. The number of aliphatic hydroxyl groups excluding tert-OH is 1. The molecule has 1 aliphatic carbocycles. The Bertz CT molecular complexity index is 759. The molecule has 1 aromatic rings. The van der Waals surface area contributed by atoms with Gasteiger partial charge < -0.3 is 10.0 Å². The van der Waals surface area contributed by atoms with E-state index < -0.39 is 17.6 Å². The van der Waals surface area contributed by atoms with Crippen molar-refractivity contribution in [2.75, 3.05) is 30.0 Å². The van der Waals surface area contributed by atoms with E-state index in [1.807, 2.05) is 0 Å². The first-order valence-corrected chi connectivity index (χ1v) is 10.3. The van der Waals surface area contributed by atoms with E-state index in [0.29, 0.717) is 29.8 Å². The van der Waals surface area contributed by atoms with Crippen LogP contribution in [0.5, 0.6) is 0 Å². The molecular formula is C19H29FN6O4. The first kappa shape index (κ1) is 22.2. The van der Waals surface area contributed by atoms with Crippen LogP contribution in [0.3, 0.4) is 0 Å². The lowest BCUT2D eigenvalue weighted by Gasteiger charge is -2.41. The maximum absolute atomic E-state index is 14.9. The fourth-order valence-electron chi connectivity index (χ4n) is 4.13. The maximum atomic E-state index is 14.9. The maximum Gasteiger partial charge on any atom is 0.243 e. The van der Waals surface area contributed by atoms with Gasteiger partial charge in [-0.3, -0.25) is 25.6 Å². The second-order valence-corrected chi connectivity index (χ2v) is 8.00. The Morgan fingerprint density at radius 2 is 2.10 bits per heavy atom. The van der Waals surface area contributed by atoms with Gasteiger partial charge in [0.15, 0.2) is 11.6 Å². The molecule has 2 aliphatic rings. The molecule has 2 amide bonds. The Hall–Kier alpha value is -2.53. The van der Waals surface area contributed by atoms with E-state index in [2.05, 4.69) is 20.8 Å². The predicted octanol–water partition coefficient (Wildman–Crippen LogP) is 0.982. The van der Waals surface area contributed by atoms with E-state index >= 15 is 0 Å². The molecule has 0 spiro atoms. The first-order valence-electron chi connectivity index (χ1n) is 10.3. The highest BCUT2D eigenvalue weighted by Gasteiger charge is 2.32. The molecule has 2 heterocycles. The zero-order chi connectivity index (χ0) is 21.7. The van der Waals surface area contributed by atoms with Gasteiger partial charge in [-0.05, 0) is 25.7 Å². The summed E-state index contributed by atoms with van der Waals surface area (Å²) >= 11 is 0. The monoisotopic (exact) mass is 424 g/mol. The summed E-state index contributed by atoms with van der Waals surface area (Å²) in [5.41, 5.74) is 4.98. The molecule has 166 valence electrons. The van der Waals surface area contributed by atoms with E-state index in [1.165, 1.54) is 0 Å². The number of aryl methyl sites for hydroxylation is 1. The molecule has 0 unspecified atom stereocenters. The summed E-state index contributed by atoms with van der Waals surface area (Å²) in [6, 6.07) is -0.189. The number of carbonyl (C=O) groups excluding carboxylic acids is 2. The van der Waals surface area contributed by atoms with Crippen molar-refractivity contribution < 1.29 is 24.3 Å². The van der Waals surface area contributed by atoms with Crippen LogP contribution in [0.15, 0.2) is 0 Å². The van der Waals surface area contributed by atoms with Crippen LogP contribution in [0.4, 0.5) is 16.0 Å². The largest absolute Gasteiger partial charge is 0.394 e. The Labute approximate surface area is 174 Å². The molecule has 0 aromatic carbocycles. The van der Waals surface area contributed by atoms with Crippen LogP contribution in [-0.2, 0) is 9.59 Å². The predicted molar refractivity (Wildman–Crippen MR) is 106 cm³/mol. The van der Waals surface area contributed by atoms with E-state index in [9.17, 15) is 24.3 Å². The zero-order valence-electron chi connectivity index (χ0n) is 17.1. The van der Waals surface area contributed by atoms with Crippen LogP contribution in [0.2, 0.25) is 0 Å². The van der Waals surface area contributed by atoms with Crippen molar-refractivity contribution in [2.45, 2.75) is 51.5 Å². The molecule has 2 fully saturated rings. The number of amides is 2. The van der Waals surface area contributed by atoms with E-state index in [0.717, 1.165) is 32.1 Å². The minimum absolute atomic E-state index is 0.0783. The first-order chi connectivity index (χ1) is 14.4. The zero-order valence-corrected chi connectivity index (χ0v) is 17.1. The van der Waals surface area contributed by atoms with Crippen molar-refractivity contribution in [3.05, 3.63) is 11.6 Å². The molecule has 0 radical (unpaired) electrons. The molecule has 1 aromatic heterocycles. The average Bonchev–Trinajstić information content (AvgIpc) is 3.21. The summed E-state index contributed by atoms with van der Waals surface area (Å²) in [6.07, 6.45) is 5.76. The summed E-state index contributed by atoms with van der Waals surface area (Å²) in [4.78, 5) is 33.3. The topological polar surface area (TPSA) is 131 Å².